The van der Waals surface area contributed by atoms with Crippen LogP contribution in [0.2, 0.25) is 10.0 Å². The molecule has 142 valence electrons. The zero-order valence-corrected chi connectivity index (χ0v) is 15.8. The van der Waals surface area contributed by atoms with E-state index in [0.29, 0.717) is 36.7 Å². The normalized spacial score (nSPS) is 16.0. The summed E-state index contributed by atoms with van der Waals surface area (Å²) < 4.78 is 10.5. The molecule has 1 heterocycles. The molecule has 0 saturated carbocycles. The van der Waals surface area contributed by atoms with Gasteiger partial charge in [-0.1, -0.05) is 23.2 Å². The van der Waals surface area contributed by atoms with Crippen LogP contribution in [0.3, 0.4) is 0 Å². The lowest BCUT2D eigenvalue weighted by molar-refractivity contribution is -0.157. The van der Waals surface area contributed by atoms with Gasteiger partial charge in [0.05, 0.1) is 5.02 Å². The zero-order chi connectivity index (χ0) is 19.3. The molecule has 2 amide bonds. The van der Waals surface area contributed by atoms with Crippen LogP contribution in [0.5, 0.6) is 5.75 Å². The number of carbonyl (C=O) groups is 3. The van der Waals surface area contributed by atoms with Crippen molar-refractivity contribution in [2.24, 2.45) is 11.7 Å². The van der Waals surface area contributed by atoms with Crippen molar-refractivity contribution in [3.05, 3.63) is 28.2 Å². The second-order valence-electron chi connectivity index (χ2n) is 6.00. The predicted molar refractivity (Wildman–Crippen MR) is 96.0 cm³/mol. The van der Waals surface area contributed by atoms with Crippen LogP contribution in [0.1, 0.15) is 19.8 Å². The monoisotopic (exact) mass is 402 g/mol. The number of nitrogens with two attached hydrogens (primary N) is 1. The van der Waals surface area contributed by atoms with E-state index in [1.165, 1.54) is 13.0 Å². The summed E-state index contributed by atoms with van der Waals surface area (Å²) in [4.78, 5) is 36.8. The third-order valence-corrected chi connectivity index (χ3v) is 4.65. The Morgan fingerprint density at radius 2 is 1.92 bits per heavy atom. The fraction of sp³-hybridized carbons (Fsp3) is 0.471. The van der Waals surface area contributed by atoms with Crippen LogP contribution in [0.4, 0.5) is 0 Å². The van der Waals surface area contributed by atoms with Gasteiger partial charge in [-0.3, -0.25) is 9.59 Å². The lowest BCUT2D eigenvalue weighted by atomic mass is 9.96. The molecule has 0 aliphatic carbocycles. The van der Waals surface area contributed by atoms with Gasteiger partial charge < -0.3 is 20.1 Å². The van der Waals surface area contributed by atoms with Crippen LogP contribution < -0.4 is 10.5 Å². The van der Waals surface area contributed by atoms with Crippen LogP contribution in [0.15, 0.2) is 18.2 Å². The molecule has 1 atom stereocenters. The van der Waals surface area contributed by atoms with E-state index in [1.807, 2.05) is 0 Å². The second-order valence-corrected chi connectivity index (χ2v) is 6.84. The molecule has 0 spiro atoms. The summed E-state index contributed by atoms with van der Waals surface area (Å²) in [5, 5.41) is 0.717. The molecular formula is C17H20Cl2N2O5. The first kappa shape index (κ1) is 20.3. The number of nitrogens with zero attached hydrogens (tertiary/aromatic N) is 1. The van der Waals surface area contributed by atoms with Crippen LogP contribution in [0, 0.1) is 5.92 Å². The fourth-order valence-electron chi connectivity index (χ4n) is 2.56. The minimum Gasteiger partial charge on any atom is -0.477 e. The van der Waals surface area contributed by atoms with Crippen LogP contribution in [-0.2, 0) is 19.1 Å². The van der Waals surface area contributed by atoms with Crippen LogP contribution in [-0.4, -0.2) is 48.5 Å². The molecule has 9 heteroatoms. The SMILES string of the molecule is C[C@@H](Oc1ccc(Cl)cc1Cl)C(=O)OCC(=O)N1CCC(C(N)=O)CC1. The standard InChI is InChI=1S/C17H20Cl2N2O5/c1-10(26-14-3-2-12(18)8-13(14)19)17(24)25-9-15(22)21-6-4-11(5-7-21)16(20)23/h2-3,8,10-11H,4-7,9H2,1H3,(H2,20,23)/t10-/m1/s1. The summed E-state index contributed by atoms with van der Waals surface area (Å²) in [5.41, 5.74) is 5.26. The Labute approximate surface area is 161 Å². The van der Waals surface area contributed by atoms with E-state index in [0.717, 1.165) is 0 Å². The average molecular weight is 403 g/mol. The number of likely N-dealkylation sites (tertiary alicyclic amines) is 1. The molecule has 1 fully saturated rings. The van der Waals surface area contributed by atoms with Gasteiger partial charge in [-0.05, 0) is 38.0 Å². The van der Waals surface area contributed by atoms with E-state index in [2.05, 4.69) is 0 Å². The van der Waals surface area contributed by atoms with Crippen molar-refractivity contribution in [3.8, 4) is 5.75 Å². The molecule has 1 aromatic rings. The van der Waals surface area contributed by atoms with Gasteiger partial charge in [-0.15, -0.1) is 0 Å². The Balaban J connectivity index is 1.78. The number of hydrogen-bond acceptors (Lipinski definition) is 5. The molecule has 2 N–H and O–H groups in total. The van der Waals surface area contributed by atoms with Crippen molar-refractivity contribution in [3.63, 3.8) is 0 Å². The van der Waals surface area contributed by atoms with E-state index >= 15 is 0 Å². The van der Waals surface area contributed by atoms with Crippen molar-refractivity contribution in [1.29, 1.82) is 0 Å². The second kappa shape index (κ2) is 9.09. The molecule has 7 nitrogen and oxygen atoms in total. The summed E-state index contributed by atoms with van der Waals surface area (Å²) in [6.45, 7) is 1.94. The van der Waals surface area contributed by atoms with Gasteiger partial charge in [0.2, 0.25) is 5.91 Å². The highest BCUT2D eigenvalue weighted by molar-refractivity contribution is 6.35. The minimum atomic E-state index is -0.943. The van der Waals surface area contributed by atoms with Gasteiger partial charge >= 0.3 is 5.97 Å². The third kappa shape index (κ3) is 5.51. The van der Waals surface area contributed by atoms with Crippen molar-refractivity contribution in [1.82, 2.24) is 4.90 Å². The van der Waals surface area contributed by atoms with Crippen molar-refractivity contribution < 1.29 is 23.9 Å². The molecule has 1 aliphatic rings. The molecule has 1 aromatic carbocycles. The average Bonchev–Trinajstić information content (AvgIpc) is 2.61. The topological polar surface area (TPSA) is 98.9 Å². The minimum absolute atomic E-state index is 0.209. The summed E-state index contributed by atoms with van der Waals surface area (Å²) in [6, 6.07) is 4.62. The highest BCUT2D eigenvalue weighted by Crippen LogP contribution is 2.28. The van der Waals surface area contributed by atoms with E-state index in [1.54, 1.807) is 17.0 Å². The largest absolute Gasteiger partial charge is 0.477 e. The van der Waals surface area contributed by atoms with Crippen molar-refractivity contribution in [2.75, 3.05) is 19.7 Å². The number of halogens is 2. The molecule has 0 bridgehead atoms. The maximum Gasteiger partial charge on any atom is 0.347 e. The lowest BCUT2D eigenvalue weighted by Gasteiger charge is -2.30. The van der Waals surface area contributed by atoms with Gasteiger partial charge in [0.1, 0.15) is 5.75 Å². The van der Waals surface area contributed by atoms with Gasteiger partial charge in [0.25, 0.3) is 5.91 Å². The molecule has 0 unspecified atom stereocenters. The predicted octanol–water partition coefficient (Wildman–Crippen LogP) is 2.03. The Bertz CT molecular complexity index is 690. The molecular weight excluding hydrogens is 383 g/mol. The Kier molecular flexibility index (Phi) is 7.11. The lowest BCUT2D eigenvalue weighted by Crippen LogP contribution is -2.43. The quantitative estimate of drug-likeness (QED) is 0.733. The highest BCUT2D eigenvalue weighted by Gasteiger charge is 2.27. The number of rotatable bonds is 6. The highest BCUT2D eigenvalue weighted by atomic mass is 35.5. The van der Waals surface area contributed by atoms with E-state index < -0.39 is 12.1 Å². The number of ether oxygens (including phenoxy) is 2. The smallest absolute Gasteiger partial charge is 0.347 e. The first-order chi connectivity index (χ1) is 12.3. The van der Waals surface area contributed by atoms with Gasteiger partial charge in [0, 0.05) is 24.0 Å². The number of piperidine rings is 1. The summed E-state index contributed by atoms with van der Waals surface area (Å²) >= 11 is 11.8. The molecule has 0 radical (unpaired) electrons. The Morgan fingerprint density at radius 3 is 2.50 bits per heavy atom. The molecule has 2 rings (SSSR count). The number of esters is 1. The Hall–Kier alpha value is -1.99. The van der Waals surface area contributed by atoms with Crippen LogP contribution >= 0.6 is 23.2 Å². The van der Waals surface area contributed by atoms with Gasteiger partial charge in [-0.2, -0.15) is 0 Å². The van der Waals surface area contributed by atoms with Crippen molar-refractivity contribution in [2.45, 2.75) is 25.9 Å². The van der Waals surface area contributed by atoms with E-state index in [4.69, 9.17) is 38.4 Å². The molecule has 0 aromatic heterocycles. The zero-order valence-electron chi connectivity index (χ0n) is 14.2. The number of hydrogen-bond donors (Lipinski definition) is 1. The molecule has 1 aliphatic heterocycles. The third-order valence-electron chi connectivity index (χ3n) is 4.12. The number of benzene rings is 1. The summed E-state index contributed by atoms with van der Waals surface area (Å²) in [7, 11) is 0. The van der Waals surface area contributed by atoms with Gasteiger partial charge in [0.15, 0.2) is 12.7 Å². The van der Waals surface area contributed by atoms with Gasteiger partial charge in [-0.25, -0.2) is 4.79 Å². The first-order valence-corrected chi connectivity index (χ1v) is 8.89. The summed E-state index contributed by atoms with van der Waals surface area (Å²) in [5.74, 6) is -1.27. The Morgan fingerprint density at radius 1 is 1.27 bits per heavy atom. The number of primary amides is 1. The maximum atomic E-state index is 12.1. The van der Waals surface area contributed by atoms with E-state index in [-0.39, 0.29) is 29.4 Å². The molecule has 26 heavy (non-hydrogen) atoms. The van der Waals surface area contributed by atoms with E-state index in [9.17, 15) is 14.4 Å². The summed E-state index contributed by atoms with van der Waals surface area (Å²) in [6.07, 6.45) is 0.0924. The maximum absolute atomic E-state index is 12.1. The fourth-order valence-corrected chi connectivity index (χ4v) is 3.02. The first-order valence-electron chi connectivity index (χ1n) is 8.13. The van der Waals surface area contributed by atoms with Crippen molar-refractivity contribution >= 4 is 41.0 Å². The molecule has 1 saturated heterocycles. The van der Waals surface area contributed by atoms with Crippen LogP contribution in [0.25, 0.3) is 0 Å². The number of amides is 2. The number of carbonyl (C=O) groups excluding carboxylic acids is 3.